The van der Waals surface area contributed by atoms with Gasteiger partial charge in [0.15, 0.2) is 0 Å². The highest BCUT2D eigenvalue weighted by atomic mass is 35.5. The molecule has 1 N–H and O–H groups in total. The fourth-order valence-corrected chi connectivity index (χ4v) is 2.36. The van der Waals surface area contributed by atoms with Gasteiger partial charge in [0.05, 0.1) is 0 Å². The van der Waals surface area contributed by atoms with E-state index in [2.05, 4.69) is 10.3 Å². The van der Waals surface area contributed by atoms with Gasteiger partial charge in [-0.1, -0.05) is 39.3 Å². The largest absolute Gasteiger partial charge is 0.351 e. The maximum absolute atomic E-state index is 12.0. The van der Waals surface area contributed by atoms with Crippen molar-refractivity contribution in [1.82, 2.24) is 10.3 Å². The fourth-order valence-electron chi connectivity index (χ4n) is 1.54. The van der Waals surface area contributed by atoms with Gasteiger partial charge in [0.2, 0.25) is 0 Å². The average molecular weight is 317 g/mol. The number of nitrogens with one attached hydrogen (secondary N) is 1. The van der Waals surface area contributed by atoms with Crippen LogP contribution < -0.4 is 5.32 Å². The molecule has 0 aliphatic heterocycles. The molecule has 0 bridgehead atoms. The minimum atomic E-state index is -0.876. The Kier molecular flexibility index (Phi) is 6.14. The van der Waals surface area contributed by atoms with Crippen molar-refractivity contribution in [3.8, 4) is 0 Å². The first-order chi connectivity index (χ1) is 9.24. The van der Waals surface area contributed by atoms with Gasteiger partial charge in [-0.05, 0) is 12.1 Å². The summed E-state index contributed by atoms with van der Waals surface area (Å²) in [6.07, 6.45) is 0. The molecule has 1 atom stereocenters. The topological polar surface area (TPSA) is 59.1 Å². The van der Waals surface area contributed by atoms with E-state index in [0.717, 1.165) is 5.69 Å². The van der Waals surface area contributed by atoms with Gasteiger partial charge in [-0.2, -0.15) is 0 Å². The summed E-state index contributed by atoms with van der Waals surface area (Å²) in [4.78, 5) is 16.3. The molecule has 1 amide bonds. The van der Waals surface area contributed by atoms with Crippen LogP contribution in [0, 0.1) is 0 Å². The van der Waals surface area contributed by atoms with Gasteiger partial charge in [0, 0.05) is 45.5 Å². The van der Waals surface area contributed by atoms with E-state index < -0.39 is 10.8 Å². The smallest absolute Gasteiger partial charge is 0.251 e. The summed E-state index contributed by atoms with van der Waals surface area (Å²) in [5.74, 6) is 0.853. The molecule has 1 aromatic rings. The lowest BCUT2D eigenvalue weighted by atomic mass is 9.91. The molecule has 0 radical (unpaired) electrons. The summed E-state index contributed by atoms with van der Waals surface area (Å²) >= 11 is 5.97. The third-order valence-corrected chi connectivity index (χ3v) is 4.26. The molecule has 20 heavy (non-hydrogen) atoms. The number of halogens is 1. The summed E-state index contributed by atoms with van der Waals surface area (Å²) < 4.78 is 11.3. The number of carbonyl (C=O) groups is 1. The summed E-state index contributed by atoms with van der Waals surface area (Å²) in [6.45, 7) is 8.29. The lowest BCUT2D eigenvalue weighted by molar-refractivity contribution is 0.0956. The summed E-state index contributed by atoms with van der Waals surface area (Å²) in [6, 6.07) is 3.29. The first-order valence-corrected chi connectivity index (χ1v) is 8.42. The first-order valence-electron chi connectivity index (χ1n) is 6.55. The van der Waals surface area contributed by atoms with Gasteiger partial charge in [-0.3, -0.25) is 9.00 Å². The molecule has 1 unspecified atom stereocenters. The second-order valence-electron chi connectivity index (χ2n) is 5.50. The van der Waals surface area contributed by atoms with Gasteiger partial charge in [0.1, 0.15) is 5.15 Å². The predicted octanol–water partition coefficient (Wildman–Crippen LogP) is 2.53. The van der Waals surface area contributed by atoms with Crippen molar-refractivity contribution in [2.45, 2.75) is 33.1 Å². The second-order valence-corrected chi connectivity index (χ2v) is 7.75. The summed E-state index contributed by atoms with van der Waals surface area (Å²) in [7, 11) is -0.876. The van der Waals surface area contributed by atoms with Crippen molar-refractivity contribution >= 4 is 28.3 Å². The van der Waals surface area contributed by atoms with E-state index in [1.165, 1.54) is 0 Å². The number of hydrogen-bond acceptors (Lipinski definition) is 3. The van der Waals surface area contributed by atoms with E-state index in [9.17, 15) is 9.00 Å². The second kappa shape index (κ2) is 7.18. The van der Waals surface area contributed by atoms with Gasteiger partial charge >= 0.3 is 0 Å². The van der Waals surface area contributed by atoms with E-state index in [4.69, 9.17) is 11.6 Å². The molecule has 6 heteroatoms. The van der Waals surface area contributed by atoms with Gasteiger partial charge in [-0.15, -0.1) is 0 Å². The highest BCUT2D eigenvalue weighted by Crippen LogP contribution is 2.23. The van der Waals surface area contributed by atoms with Crippen molar-refractivity contribution in [3.05, 3.63) is 28.5 Å². The van der Waals surface area contributed by atoms with Crippen molar-refractivity contribution < 1.29 is 9.00 Å². The van der Waals surface area contributed by atoms with Crippen LogP contribution >= 0.6 is 11.6 Å². The third kappa shape index (κ3) is 5.21. The molecule has 0 aliphatic carbocycles. The first kappa shape index (κ1) is 17.1. The Balaban J connectivity index is 2.78. The van der Waals surface area contributed by atoms with Crippen LogP contribution in [0.5, 0.6) is 0 Å². The van der Waals surface area contributed by atoms with E-state index >= 15 is 0 Å². The molecule has 1 heterocycles. The van der Waals surface area contributed by atoms with Crippen molar-refractivity contribution in [2.75, 3.05) is 18.1 Å². The number of nitrogens with zero attached hydrogens (tertiary/aromatic N) is 1. The summed E-state index contributed by atoms with van der Waals surface area (Å²) in [5, 5.41) is 3.06. The number of carbonyl (C=O) groups excluding carboxylic acids is 1. The molecular weight excluding hydrogens is 296 g/mol. The molecule has 0 aliphatic rings. The van der Waals surface area contributed by atoms with Crippen LogP contribution in [0.2, 0.25) is 5.15 Å². The molecule has 1 aromatic heterocycles. The van der Waals surface area contributed by atoms with Crippen LogP contribution in [0.25, 0.3) is 0 Å². The van der Waals surface area contributed by atoms with E-state index in [-0.39, 0.29) is 11.3 Å². The minimum absolute atomic E-state index is 0.177. The average Bonchev–Trinajstić information content (AvgIpc) is 2.36. The molecule has 0 aromatic carbocycles. The Morgan fingerprint density at radius 3 is 2.60 bits per heavy atom. The zero-order valence-electron chi connectivity index (χ0n) is 12.3. The van der Waals surface area contributed by atoms with Crippen LogP contribution in [0.4, 0.5) is 0 Å². The predicted molar refractivity (Wildman–Crippen MR) is 83.8 cm³/mol. The number of aromatic nitrogens is 1. The van der Waals surface area contributed by atoms with Crippen LogP contribution in [0.1, 0.15) is 43.7 Å². The Morgan fingerprint density at radius 1 is 1.40 bits per heavy atom. The van der Waals surface area contributed by atoms with Crippen LogP contribution in [-0.4, -0.2) is 33.2 Å². The molecule has 0 saturated carbocycles. The number of pyridine rings is 1. The van der Waals surface area contributed by atoms with Crippen molar-refractivity contribution in [1.29, 1.82) is 0 Å². The molecule has 4 nitrogen and oxygen atoms in total. The van der Waals surface area contributed by atoms with E-state index in [0.29, 0.717) is 28.8 Å². The van der Waals surface area contributed by atoms with Crippen molar-refractivity contribution in [2.24, 2.45) is 0 Å². The van der Waals surface area contributed by atoms with Gasteiger partial charge < -0.3 is 5.32 Å². The zero-order valence-corrected chi connectivity index (χ0v) is 13.9. The highest BCUT2D eigenvalue weighted by molar-refractivity contribution is 7.84. The zero-order chi connectivity index (χ0) is 15.3. The van der Waals surface area contributed by atoms with Gasteiger partial charge in [0.25, 0.3) is 5.91 Å². The Labute approximate surface area is 127 Å². The third-order valence-electron chi connectivity index (χ3n) is 2.76. The Hall–Kier alpha value is -0.940. The van der Waals surface area contributed by atoms with Gasteiger partial charge in [-0.25, -0.2) is 4.98 Å². The van der Waals surface area contributed by atoms with E-state index in [1.807, 2.05) is 27.7 Å². The lowest BCUT2D eigenvalue weighted by Crippen LogP contribution is -2.28. The van der Waals surface area contributed by atoms with E-state index in [1.54, 1.807) is 12.1 Å². The molecule has 0 saturated heterocycles. The number of amides is 1. The standard InChI is InChI=1S/C14H21ClN2O2S/c1-5-20(19)7-6-16-13(18)10-8-11(14(2,3)4)17-12(15)9-10/h8-9H,5-7H2,1-4H3,(H,16,18). The molecule has 0 fully saturated rings. The SMILES string of the molecule is CCS(=O)CCNC(=O)c1cc(Cl)nc(C(C)(C)C)c1. The molecule has 1 rings (SSSR count). The molecule has 112 valence electrons. The number of hydrogen-bond donors (Lipinski definition) is 1. The Bertz CT molecular complexity index is 512. The van der Waals surface area contributed by atoms with Crippen molar-refractivity contribution in [3.63, 3.8) is 0 Å². The fraction of sp³-hybridized carbons (Fsp3) is 0.571. The quantitative estimate of drug-likeness (QED) is 0.849. The monoisotopic (exact) mass is 316 g/mol. The molecule has 0 spiro atoms. The normalized spacial score (nSPS) is 13.1. The van der Waals surface area contributed by atoms with Crippen LogP contribution in [0.3, 0.4) is 0 Å². The maximum atomic E-state index is 12.0. The summed E-state index contributed by atoms with van der Waals surface area (Å²) in [5.41, 5.74) is 1.08. The number of rotatable bonds is 5. The Morgan fingerprint density at radius 2 is 2.05 bits per heavy atom. The lowest BCUT2D eigenvalue weighted by Gasteiger charge is -2.18. The maximum Gasteiger partial charge on any atom is 0.251 e. The van der Waals surface area contributed by atoms with Crippen LogP contribution in [0.15, 0.2) is 12.1 Å². The highest BCUT2D eigenvalue weighted by Gasteiger charge is 2.18. The van der Waals surface area contributed by atoms with Crippen LogP contribution in [-0.2, 0) is 16.2 Å². The minimum Gasteiger partial charge on any atom is -0.351 e. The molecular formula is C14H21ClN2O2S.